The van der Waals surface area contributed by atoms with Gasteiger partial charge >= 0.3 is 0 Å². The van der Waals surface area contributed by atoms with Crippen molar-refractivity contribution < 1.29 is 23.2 Å². The van der Waals surface area contributed by atoms with E-state index in [2.05, 4.69) is 41.0 Å². The first-order valence-electron chi connectivity index (χ1n) is 20.9. The minimum atomic E-state index is -0.557. The van der Waals surface area contributed by atoms with Gasteiger partial charge in [-0.15, -0.1) is 0 Å². The van der Waals surface area contributed by atoms with Gasteiger partial charge in [-0.05, 0) is 113 Å². The van der Waals surface area contributed by atoms with Crippen molar-refractivity contribution in [3.63, 3.8) is 0 Å². The van der Waals surface area contributed by atoms with E-state index in [9.17, 15) is 23.6 Å². The van der Waals surface area contributed by atoms with Gasteiger partial charge in [0.25, 0.3) is 5.56 Å². The van der Waals surface area contributed by atoms with Gasteiger partial charge in [0.2, 0.25) is 23.7 Å². The molecule has 4 fully saturated rings. The fourth-order valence-corrected chi connectivity index (χ4v) is 8.95. The van der Waals surface area contributed by atoms with Gasteiger partial charge in [-0.25, -0.2) is 18.7 Å². The summed E-state index contributed by atoms with van der Waals surface area (Å²) in [6.45, 7) is 4.30. The second kappa shape index (κ2) is 18.1. The molecule has 1 saturated carbocycles. The third kappa shape index (κ3) is 9.78. The smallest absolute Gasteiger partial charge is 0.255 e. The highest BCUT2D eigenvalue weighted by Gasteiger charge is 2.31. The van der Waals surface area contributed by atoms with Crippen LogP contribution in [0.3, 0.4) is 0 Å². The van der Waals surface area contributed by atoms with Crippen LogP contribution < -0.4 is 31.7 Å². The summed E-state index contributed by atoms with van der Waals surface area (Å²) >= 11 is 0. The highest BCUT2D eigenvalue weighted by atomic mass is 19.1. The summed E-state index contributed by atoms with van der Waals surface area (Å²) in [5.41, 5.74) is 2.21. The number of carbonyl (C=O) groups excluding carboxylic acids is 3. The van der Waals surface area contributed by atoms with Crippen LogP contribution in [0.4, 0.5) is 26.1 Å². The number of nitrogens with zero attached hydrogens (tertiary/aromatic N) is 5. The van der Waals surface area contributed by atoms with Crippen molar-refractivity contribution in [3.05, 3.63) is 95.0 Å². The molecule has 0 bridgehead atoms. The number of nitrogens with one attached hydrogen (secondary N) is 4. The number of aromatic nitrogens is 3. The highest BCUT2D eigenvalue weighted by molar-refractivity contribution is 6.01. The summed E-state index contributed by atoms with van der Waals surface area (Å²) < 4.78 is 31.7. The fourth-order valence-electron chi connectivity index (χ4n) is 8.95. The zero-order valence-electron chi connectivity index (χ0n) is 33.0. The van der Waals surface area contributed by atoms with E-state index in [0.717, 1.165) is 84.1 Å². The molecule has 310 valence electrons. The Hall–Kier alpha value is -5.70. The Morgan fingerprint density at radius 1 is 0.797 bits per heavy atom. The predicted molar refractivity (Wildman–Crippen MR) is 221 cm³/mol. The van der Waals surface area contributed by atoms with Crippen LogP contribution in [0.5, 0.6) is 0 Å². The van der Waals surface area contributed by atoms with E-state index in [1.807, 2.05) is 0 Å². The average molecular weight is 808 g/mol. The maximum absolute atomic E-state index is 15.2. The average Bonchev–Trinajstić information content (AvgIpc) is 3.24. The van der Waals surface area contributed by atoms with Crippen molar-refractivity contribution in [2.75, 3.05) is 48.3 Å². The van der Waals surface area contributed by atoms with Crippen LogP contribution in [0.15, 0.2) is 77.9 Å². The standard InChI is InChI=1S/C44H51F2N9O4/c45-35-25-33(48-37-12-14-39(56)51-43(37)59)11-13-38(35)54-22-15-28(16-23-54)27-53-20-17-29(18-21-53)42(58)49-31-7-9-32(10-8-31)50-44-47-26-36(46)41(52-44)30-4-3-5-34(24-30)55-19-2-1-6-40(55)57/h1-6,11,13,19,24-26,28-29,31-32,37,48H,7-10,12,14-18,20-23,27H2,(H,49,58)(H,47,50,52)(H,51,56,59)/t31-,32-,37?. The maximum Gasteiger partial charge on any atom is 0.255 e. The van der Waals surface area contributed by atoms with E-state index in [1.165, 1.54) is 22.9 Å². The number of amides is 3. The number of pyridine rings is 1. The normalized spacial score (nSPS) is 22.1. The lowest BCUT2D eigenvalue weighted by Crippen LogP contribution is -2.47. The molecule has 1 unspecified atom stereocenters. The van der Waals surface area contributed by atoms with Crippen LogP contribution in [-0.2, 0) is 14.4 Å². The molecular formula is C44H51F2N9O4. The molecule has 15 heteroatoms. The first-order valence-corrected chi connectivity index (χ1v) is 20.9. The van der Waals surface area contributed by atoms with Gasteiger partial charge in [-0.1, -0.05) is 18.2 Å². The van der Waals surface area contributed by atoms with Crippen molar-refractivity contribution in [2.45, 2.75) is 82.3 Å². The zero-order chi connectivity index (χ0) is 40.9. The van der Waals surface area contributed by atoms with E-state index >= 15 is 4.39 Å². The summed E-state index contributed by atoms with van der Waals surface area (Å²) in [5.74, 6) is -0.544. The van der Waals surface area contributed by atoms with E-state index in [0.29, 0.717) is 40.9 Å². The van der Waals surface area contributed by atoms with Crippen LogP contribution in [0.1, 0.15) is 64.2 Å². The molecule has 2 aromatic heterocycles. The van der Waals surface area contributed by atoms with Gasteiger partial charge in [0, 0.05) is 73.3 Å². The third-order valence-electron chi connectivity index (χ3n) is 12.3. The Labute approximate surface area is 342 Å². The van der Waals surface area contributed by atoms with Gasteiger partial charge in [-0.2, -0.15) is 0 Å². The summed E-state index contributed by atoms with van der Waals surface area (Å²) in [6, 6.07) is 16.6. The van der Waals surface area contributed by atoms with E-state index in [-0.39, 0.29) is 59.2 Å². The van der Waals surface area contributed by atoms with E-state index in [4.69, 9.17) is 0 Å². The van der Waals surface area contributed by atoms with Gasteiger partial charge in [0.05, 0.1) is 11.9 Å². The molecule has 2 aromatic carbocycles. The molecule has 8 rings (SSSR count). The second-order valence-electron chi connectivity index (χ2n) is 16.4. The Kier molecular flexibility index (Phi) is 12.3. The molecular weight excluding hydrogens is 757 g/mol. The number of anilines is 3. The summed E-state index contributed by atoms with van der Waals surface area (Å²) in [4.78, 5) is 62.5. The number of imide groups is 1. The number of hydrogen-bond acceptors (Lipinski definition) is 10. The van der Waals surface area contributed by atoms with Gasteiger partial charge < -0.3 is 25.8 Å². The van der Waals surface area contributed by atoms with Crippen LogP contribution in [0, 0.1) is 23.5 Å². The molecule has 4 N–H and O–H groups in total. The molecule has 0 radical (unpaired) electrons. The Morgan fingerprint density at radius 3 is 2.32 bits per heavy atom. The molecule has 3 aliphatic heterocycles. The summed E-state index contributed by atoms with van der Waals surface area (Å²) in [7, 11) is 0. The molecule has 4 aromatic rings. The lowest BCUT2D eigenvalue weighted by atomic mass is 9.89. The number of hydrogen-bond donors (Lipinski definition) is 4. The van der Waals surface area contributed by atoms with Crippen LogP contribution in [-0.4, -0.2) is 88.0 Å². The summed E-state index contributed by atoms with van der Waals surface area (Å²) in [6.07, 6.45) is 10.4. The molecule has 5 heterocycles. The van der Waals surface area contributed by atoms with Crippen LogP contribution in [0.25, 0.3) is 16.9 Å². The monoisotopic (exact) mass is 807 g/mol. The lowest BCUT2D eigenvalue weighted by molar-refractivity contribution is -0.133. The molecule has 1 aliphatic carbocycles. The lowest BCUT2D eigenvalue weighted by Gasteiger charge is -2.38. The van der Waals surface area contributed by atoms with Crippen molar-refractivity contribution in [3.8, 4) is 16.9 Å². The molecule has 13 nitrogen and oxygen atoms in total. The number of rotatable bonds is 11. The topological polar surface area (TPSA) is 154 Å². The van der Waals surface area contributed by atoms with Crippen molar-refractivity contribution >= 4 is 35.0 Å². The van der Waals surface area contributed by atoms with Gasteiger partial charge in [0.15, 0.2) is 5.82 Å². The molecule has 0 spiro atoms. The van der Waals surface area contributed by atoms with Crippen LogP contribution in [0.2, 0.25) is 0 Å². The highest BCUT2D eigenvalue weighted by Crippen LogP contribution is 2.31. The maximum atomic E-state index is 15.2. The fraction of sp³-hybridized carbons (Fsp3) is 0.455. The Morgan fingerprint density at radius 2 is 1.58 bits per heavy atom. The Balaban J connectivity index is 0.743. The minimum Gasteiger partial charge on any atom is -0.374 e. The molecule has 4 aliphatic rings. The number of piperidine rings is 3. The van der Waals surface area contributed by atoms with Crippen molar-refractivity contribution in [1.29, 1.82) is 0 Å². The van der Waals surface area contributed by atoms with Gasteiger partial charge in [0.1, 0.15) is 17.6 Å². The van der Waals surface area contributed by atoms with Crippen LogP contribution >= 0.6 is 0 Å². The van der Waals surface area contributed by atoms with E-state index in [1.54, 1.807) is 54.7 Å². The van der Waals surface area contributed by atoms with E-state index < -0.39 is 11.9 Å². The SMILES string of the molecule is O=C1CCC(Nc2ccc(N3CCC(CN4CCC(C(=O)N[C@H]5CC[C@H](Nc6ncc(F)c(-c7cccc(-n8ccccc8=O)c7)n6)CC5)CC4)CC3)c(F)c2)C(=O)N1. The third-order valence-corrected chi connectivity index (χ3v) is 12.3. The van der Waals surface area contributed by atoms with Crippen molar-refractivity contribution in [2.24, 2.45) is 11.8 Å². The van der Waals surface area contributed by atoms with Gasteiger partial charge in [-0.3, -0.25) is 29.1 Å². The molecule has 3 amide bonds. The largest absolute Gasteiger partial charge is 0.374 e. The Bertz CT molecular complexity index is 2210. The predicted octanol–water partition coefficient (Wildman–Crippen LogP) is 5.26. The molecule has 1 atom stereocenters. The number of likely N-dealkylation sites (tertiary alicyclic amines) is 1. The quantitative estimate of drug-likeness (QED) is 0.148. The summed E-state index contributed by atoms with van der Waals surface area (Å²) in [5, 5.41) is 12.1. The molecule has 3 saturated heterocycles. The number of carbonyl (C=O) groups is 3. The first kappa shape index (κ1) is 40.1. The zero-order valence-corrected chi connectivity index (χ0v) is 33.0. The molecule has 59 heavy (non-hydrogen) atoms. The second-order valence-corrected chi connectivity index (χ2v) is 16.4. The first-order chi connectivity index (χ1) is 28.6. The number of halogens is 2. The minimum absolute atomic E-state index is 0.00410. The number of benzene rings is 2. The van der Waals surface area contributed by atoms with Crippen molar-refractivity contribution in [1.82, 2.24) is 30.1 Å².